The van der Waals surface area contributed by atoms with Gasteiger partial charge in [0.05, 0.1) is 17.7 Å². The second-order valence-corrected chi connectivity index (χ2v) is 3.91. The molecule has 92 valence electrons. The van der Waals surface area contributed by atoms with Crippen molar-refractivity contribution in [2.75, 3.05) is 0 Å². The van der Waals surface area contributed by atoms with Gasteiger partial charge in [0.2, 0.25) is 5.78 Å². The van der Waals surface area contributed by atoms with E-state index in [4.69, 9.17) is 4.42 Å². The first-order valence-electron chi connectivity index (χ1n) is 5.47. The topological polar surface area (TPSA) is 47.3 Å². The summed E-state index contributed by atoms with van der Waals surface area (Å²) in [5.74, 6) is -2.48. The van der Waals surface area contributed by atoms with Crippen LogP contribution < -0.4 is 0 Å². The predicted molar refractivity (Wildman–Crippen MR) is 62.9 cm³/mol. The molecule has 1 atom stereocenters. The quantitative estimate of drug-likeness (QED) is 0.615. The van der Waals surface area contributed by atoms with Crippen LogP contribution >= 0.6 is 0 Å². The third kappa shape index (κ3) is 2.22. The molecule has 0 N–H and O–H groups in total. The van der Waals surface area contributed by atoms with E-state index >= 15 is 0 Å². The van der Waals surface area contributed by atoms with Crippen molar-refractivity contribution in [2.24, 2.45) is 5.92 Å². The Hall–Kier alpha value is -2.23. The van der Waals surface area contributed by atoms with E-state index in [2.05, 4.69) is 0 Å². The van der Waals surface area contributed by atoms with Crippen LogP contribution in [0.1, 0.15) is 27.8 Å². The molecule has 1 aromatic heterocycles. The number of rotatable bonds is 4. The molecule has 0 saturated carbocycles. The second-order valence-electron chi connectivity index (χ2n) is 3.91. The predicted octanol–water partition coefficient (Wildman–Crippen LogP) is 3.12. The minimum Gasteiger partial charge on any atom is -0.461 e. The summed E-state index contributed by atoms with van der Waals surface area (Å²) in [5.41, 5.74) is -0.0788. The lowest BCUT2D eigenvalue weighted by atomic mass is 9.94. The van der Waals surface area contributed by atoms with E-state index in [0.29, 0.717) is 0 Å². The average Bonchev–Trinajstić information content (AvgIpc) is 2.90. The van der Waals surface area contributed by atoms with Crippen molar-refractivity contribution in [1.29, 1.82) is 0 Å². The zero-order valence-corrected chi connectivity index (χ0v) is 9.72. The van der Waals surface area contributed by atoms with Gasteiger partial charge in [-0.1, -0.05) is 12.1 Å². The lowest BCUT2D eigenvalue weighted by Crippen LogP contribution is -2.22. The van der Waals surface area contributed by atoms with Crippen LogP contribution in [0.4, 0.5) is 4.39 Å². The van der Waals surface area contributed by atoms with Gasteiger partial charge in [0.25, 0.3) is 0 Å². The van der Waals surface area contributed by atoms with Gasteiger partial charge >= 0.3 is 0 Å². The molecule has 0 aliphatic heterocycles. The number of carbonyl (C=O) groups is 2. The fourth-order valence-electron chi connectivity index (χ4n) is 1.65. The molecule has 0 fully saturated rings. The van der Waals surface area contributed by atoms with Crippen molar-refractivity contribution in [3.05, 3.63) is 59.8 Å². The molecule has 0 spiro atoms. The summed E-state index contributed by atoms with van der Waals surface area (Å²) < 4.78 is 18.4. The van der Waals surface area contributed by atoms with E-state index in [1.54, 1.807) is 12.1 Å². The molecule has 1 unspecified atom stereocenters. The van der Waals surface area contributed by atoms with E-state index in [1.165, 1.54) is 37.5 Å². The van der Waals surface area contributed by atoms with Gasteiger partial charge in [-0.05, 0) is 31.2 Å². The third-order valence-electron chi connectivity index (χ3n) is 2.69. The fraction of sp³-hybridized carbons (Fsp3) is 0.143. The number of Topliss-reactive ketones (excluding diaryl/α,β-unsaturated/α-hetero) is 2. The molecule has 4 heteroatoms. The highest BCUT2D eigenvalue weighted by atomic mass is 19.1. The van der Waals surface area contributed by atoms with Crippen molar-refractivity contribution >= 4 is 11.6 Å². The number of ketones is 2. The minimum atomic E-state index is -0.965. The van der Waals surface area contributed by atoms with Crippen molar-refractivity contribution in [3.8, 4) is 0 Å². The molecule has 18 heavy (non-hydrogen) atoms. The molecule has 1 aromatic carbocycles. The molecular formula is C14H11FO3. The Morgan fingerprint density at radius 3 is 2.44 bits per heavy atom. The molecule has 2 aromatic rings. The standard InChI is InChI=1S/C14H11FO3/c1-9(14(17)12-7-4-8-18-12)13(16)10-5-2-3-6-11(10)15/h2-9H,1H3. The number of carbonyl (C=O) groups excluding carboxylic acids is 2. The van der Waals surface area contributed by atoms with Crippen molar-refractivity contribution in [2.45, 2.75) is 6.92 Å². The van der Waals surface area contributed by atoms with Gasteiger partial charge in [-0.15, -0.1) is 0 Å². The maximum atomic E-state index is 13.5. The lowest BCUT2D eigenvalue weighted by molar-refractivity contribution is 0.0801. The number of benzene rings is 1. The van der Waals surface area contributed by atoms with Gasteiger partial charge in [0, 0.05) is 0 Å². The number of hydrogen-bond donors (Lipinski definition) is 0. The molecule has 1 heterocycles. The molecule has 2 rings (SSSR count). The van der Waals surface area contributed by atoms with Crippen LogP contribution in [0.25, 0.3) is 0 Å². The zero-order valence-electron chi connectivity index (χ0n) is 9.72. The summed E-state index contributed by atoms with van der Waals surface area (Å²) in [5, 5.41) is 0. The molecule has 0 saturated heterocycles. The maximum Gasteiger partial charge on any atom is 0.208 e. The highest BCUT2D eigenvalue weighted by molar-refractivity contribution is 6.14. The van der Waals surface area contributed by atoms with Gasteiger partial charge in [-0.2, -0.15) is 0 Å². The van der Waals surface area contributed by atoms with Crippen LogP contribution in [-0.4, -0.2) is 11.6 Å². The van der Waals surface area contributed by atoms with E-state index in [9.17, 15) is 14.0 Å². The summed E-state index contributed by atoms with van der Waals surface area (Å²) in [4.78, 5) is 23.9. The second kappa shape index (κ2) is 4.96. The van der Waals surface area contributed by atoms with Gasteiger partial charge in [-0.3, -0.25) is 9.59 Å². The first-order valence-corrected chi connectivity index (χ1v) is 5.47. The molecule has 0 bridgehead atoms. The van der Waals surface area contributed by atoms with E-state index in [0.717, 1.165) is 0 Å². The molecule has 0 amide bonds. The number of halogens is 1. The Bertz CT molecular complexity index is 572. The number of furan rings is 1. The number of hydrogen-bond acceptors (Lipinski definition) is 3. The van der Waals surface area contributed by atoms with Crippen LogP contribution in [-0.2, 0) is 0 Å². The largest absolute Gasteiger partial charge is 0.461 e. The Balaban J connectivity index is 2.25. The first kappa shape index (κ1) is 12.2. The lowest BCUT2D eigenvalue weighted by Gasteiger charge is -2.08. The van der Waals surface area contributed by atoms with Gasteiger partial charge in [0.1, 0.15) is 5.82 Å². The van der Waals surface area contributed by atoms with Crippen LogP contribution in [0.15, 0.2) is 47.1 Å². The summed E-state index contributed by atoms with van der Waals surface area (Å²) in [7, 11) is 0. The van der Waals surface area contributed by atoms with Crippen LogP contribution in [0.2, 0.25) is 0 Å². The molecule has 0 aliphatic rings. The maximum absolute atomic E-state index is 13.5. The average molecular weight is 246 g/mol. The molecule has 3 nitrogen and oxygen atoms in total. The first-order chi connectivity index (χ1) is 8.61. The summed E-state index contributed by atoms with van der Waals surface area (Å²) >= 11 is 0. The monoisotopic (exact) mass is 246 g/mol. The molecule has 0 aliphatic carbocycles. The fourth-order valence-corrected chi connectivity index (χ4v) is 1.65. The molecule has 0 radical (unpaired) electrons. The van der Waals surface area contributed by atoms with Crippen LogP contribution in [0, 0.1) is 11.7 Å². The van der Waals surface area contributed by atoms with E-state index < -0.39 is 23.3 Å². The normalized spacial score (nSPS) is 12.1. The van der Waals surface area contributed by atoms with E-state index in [1.807, 2.05) is 0 Å². The van der Waals surface area contributed by atoms with Crippen LogP contribution in [0.5, 0.6) is 0 Å². The summed E-state index contributed by atoms with van der Waals surface area (Å²) in [6.07, 6.45) is 1.35. The van der Waals surface area contributed by atoms with Crippen molar-refractivity contribution in [3.63, 3.8) is 0 Å². The third-order valence-corrected chi connectivity index (χ3v) is 2.69. The Morgan fingerprint density at radius 2 is 1.83 bits per heavy atom. The Kier molecular flexibility index (Phi) is 3.37. The van der Waals surface area contributed by atoms with Gasteiger partial charge in [0.15, 0.2) is 11.5 Å². The SMILES string of the molecule is CC(C(=O)c1ccco1)C(=O)c1ccccc1F. The van der Waals surface area contributed by atoms with Gasteiger partial charge in [-0.25, -0.2) is 4.39 Å². The smallest absolute Gasteiger partial charge is 0.208 e. The van der Waals surface area contributed by atoms with E-state index in [-0.39, 0.29) is 11.3 Å². The van der Waals surface area contributed by atoms with Crippen molar-refractivity contribution in [1.82, 2.24) is 0 Å². The van der Waals surface area contributed by atoms with Gasteiger partial charge < -0.3 is 4.42 Å². The Labute approximate surface area is 103 Å². The van der Waals surface area contributed by atoms with Crippen LogP contribution in [0.3, 0.4) is 0 Å². The highest BCUT2D eigenvalue weighted by Gasteiger charge is 2.27. The summed E-state index contributed by atoms with van der Waals surface area (Å²) in [6, 6.07) is 8.65. The highest BCUT2D eigenvalue weighted by Crippen LogP contribution is 2.17. The molecular weight excluding hydrogens is 235 g/mol. The summed E-state index contributed by atoms with van der Waals surface area (Å²) in [6.45, 7) is 1.44. The van der Waals surface area contributed by atoms with Crippen molar-refractivity contribution < 1.29 is 18.4 Å². The Morgan fingerprint density at radius 1 is 1.11 bits per heavy atom. The minimum absolute atomic E-state index is 0.0788. The zero-order chi connectivity index (χ0) is 13.1.